The van der Waals surface area contributed by atoms with Crippen LogP contribution in [0.15, 0.2) is 22.9 Å². The fourth-order valence-corrected chi connectivity index (χ4v) is 1.85. The summed E-state index contributed by atoms with van der Waals surface area (Å²) in [6.07, 6.45) is 6.11. The summed E-state index contributed by atoms with van der Waals surface area (Å²) in [5.74, 6) is 1.99. The van der Waals surface area contributed by atoms with Crippen LogP contribution < -0.4 is 5.32 Å². The first-order chi connectivity index (χ1) is 8.81. The zero-order chi connectivity index (χ0) is 12.4. The third-order valence-corrected chi connectivity index (χ3v) is 3.03. The van der Waals surface area contributed by atoms with Gasteiger partial charge in [0.1, 0.15) is 0 Å². The maximum Gasteiger partial charge on any atom is 0.230 e. The molecule has 18 heavy (non-hydrogen) atoms. The molecule has 1 fully saturated rings. The van der Waals surface area contributed by atoms with Gasteiger partial charge in [-0.05, 0) is 25.8 Å². The van der Waals surface area contributed by atoms with Crippen molar-refractivity contribution in [1.82, 2.24) is 25.3 Å². The average Bonchev–Trinajstić information content (AvgIpc) is 2.90. The van der Waals surface area contributed by atoms with Crippen LogP contribution in [0.25, 0.3) is 0 Å². The first kappa shape index (κ1) is 11.4. The van der Waals surface area contributed by atoms with Crippen LogP contribution >= 0.6 is 0 Å². The molecule has 0 bridgehead atoms. The molecule has 0 amide bonds. The van der Waals surface area contributed by atoms with E-state index in [1.54, 1.807) is 6.20 Å². The number of rotatable bonds is 6. The second-order valence-corrected chi connectivity index (χ2v) is 4.82. The number of hydrogen-bond donors (Lipinski definition) is 1. The lowest BCUT2D eigenvalue weighted by Gasteiger charge is -2.11. The van der Waals surface area contributed by atoms with Gasteiger partial charge in [-0.1, -0.05) is 0 Å². The van der Waals surface area contributed by atoms with Crippen molar-refractivity contribution in [3.63, 3.8) is 0 Å². The lowest BCUT2D eigenvalue weighted by molar-refractivity contribution is 0.394. The Morgan fingerprint density at radius 1 is 1.50 bits per heavy atom. The van der Waals surface area contributed by atoms with E-state index < -0.39 is 0 Å². The van der Waals surface area contributed by atoms with E-state index in [1.807, 2.05) is 16.9 Å². The van der Waals surface area contributed by atoms with Gasteiger partial charge in [-0.25, -0.2) is 0 Å². The summed E-state index contributed by atoms with van der Waals surface area (Å²) >= 11 is 0. The molecule has 6 heteroatoms. The summed E-state index contributed by atoms with van der Waals surface area (Å²) in [6.45, 7) is 3.55. The molecule has 2 aromatic heterocycles. The molecule has 1 unspecified atom stereocenters. The topological polar surface area (TPSA) is 68.8 Å². The summed E-state index contributed by atoms with van der Waals surface area (Å²) in [5, 5.41) is 15.6. The van der Waals surface area contributed by atoms with Crippen LogP contribution in [-0.2, 0) is 13.1 Å². The minimum absolute atomic E-state index is 0.307. The Morgan fingerprint density at radius 3 is 3.11 bits per heavy atom. The minimum Gasteiger partial charge on any atom is -0.424 e. The normalized spacial score (nSPS) is 16.9. The van der Waals surface area contributed by atoms with Crippen molar-refractivity contribution in [3.8, 4) is 0 Å². The molecule has 1 aliphatic rings. The molecule has 1 atom stereocenters. The molecule has 0 aromatic carbocycles. The minimum atomic E-state index is 0.307. The lowest BCUT2D eigenvalue weighted by Crippen LogP contribution is -2.30. The van der Waals surface area contributed by atoms with Crippen molar-refractivity contribution in [2.24, 2.45) is 0 Å². The van der Waals surface area contributed by atoms with E-state index >= 15 is 0 Å². The highest BCUT2D eigenvalue weighted by Gasteiger charge is 2.29. The van der Waals surface area contributed by atoms with Gasteiger partial charge in [-0.3, -0.25) is 4.68 Å². The maximum absolute atomic E-state index is 5.59. The van der Waals surface area contributed by atoms with E-state index in [1.165, 1.54) is 12.8 Å². The monoisotopic (exact) mass is 247 g/mol. The van der Waals surface area contributed by atoms with Crippen LogP contribution in [0, 0.1) is 0 Å². The third-order valence-electron chi connectivity index (χ3n) is 3.03. The van der Waals surface area contributed by atoms with Gasteiger partial charge in [0.15, 0.2) is 0 Å². The Hall–Kier alpha value is -1.69. The van der Waals surface area contributed by atoms with Crippen molar-refractivity contribution in [2.45, 2.75) is 44.8 Å². The molecular weight excluding hydrogens is 230 g/mol. The number of hydrogen-bond acceptors (Lipinski definition) is 5. The van der Waals surface area contributed by atoms with Gasteiger partial charge in [-0.2, -0.15) is 5.10 Å². The summed E-state index contributed by atoms with van der Waals surface area (Å²) in [5.41, 5.74) is 0. The van der Waals surface area contributed by atoms with Crippen LogP contribution in [0.3, 0.4) is 0 Å². The number of nitrogens with zero attached hydrogens (tertiary/aromatic N) is 4. The zero-order valence-electron chi connectivity index (χ0n) is 10.4. The van der Waals surface area contributed by atoms with Crippen LogP contribution in [0.5, 0.6) is 0 Å². The lowest BCUT2D eigenvalue weighted by atomic mass is 10.3. The fraction of sp³-hybridized carbons (Fsp3) is 0.583. The van der Waals surface area contributed by atoms with E-state index in [0.717, 1.165) is 12.4 Å². The number of nitrogens with one attached hydrogen (secondary N) is 1. The maximum atomic E-state index is 5.59. The standard InChI is InChI=1S/C12H17N5O/c1-9(8-17-6-2-5-14-17)13-7-11-15-16-12(18-11)10-3-4-10/h2,5-6,9-10,13H,3-4,7-8H2,1H3. The molecule has 0 spiro atoms. The first-order valence-electron chi connectivity index (χ1n) is 6.34. The molecule has 6 nitrogen and oxygen atoms in total. The Morgan fingerprint density at radius 2 is 2.39 bits per heavy atom. The molecule has 2 heterocycles. The third kappa shape index (κ3) is 2.76. The van der Waals surface area contributed by atoms with Gasteiger partial charge in [0.05, 0.1) is 13.1 Å². The van der Waals surface area contributed by atoms with Crippen molar-refractivity contribution >= 4 is 0 Å². The second kappa shape index (κ2) is 4.89. The smallest absolute Gasteiger partial charge is 0.230 e. The molecule has 2 aromatic rings. The van der Waals surface area contributed by atoms with Gasteiger partial charge in [0, 0.05) is 24.4 Å². The molecule has 1 aliphatic carbocycles. The molecule has 0 aliphatic heterocycles. The van der Waals surface area contributed by atoms with Gasteiger partial charge in [-0.15, -0.1) is 10.2 Å². The highest BCUT2D eigenvalue weighted by Crippen LogP contribution is 2.38. The quantitative estimate of drug-likeness (QED) is 0.833. The van der Waals surface area contributed by atoms with Crippen molar-refractivity contribution in [2.75, 3.05) is 0 Å². The number of aromatic nitrogens is 4. The molecule has 3 rings (SSSR count). The van der Waals surface area contributed by atoms with E-state index in [2.05, 4.69) is 27.5 Å². The first-order valence-corrected chi connectivity index (χ1v) is 6.34. The van der Waals surface area contributed by atoms with Crippen LogP contribution in [0.4, 0.5) is 0 Å². The Balaban J connectivity index is 1.47. The van der Waals surface area contributed by atoms with Gasteiger partial charge in [0.25, 0.3) is 0 Å². The fourth-order valence-electron chi connectivity index (χ4n) is 1.85. The van der Waals surface area contributed by atoms with Crippen molar-refractivity contribution < 1.29 is 4.42 Å². The average molecular weight is 247 g/mol. The SMILES string of the molecule is CC(Cn1cccn1)NCc1nnc(C2CC2)o1. The molecule has 96 valence electrons. The van der Waals surface area contributed by atoms with E-state index in [-0.39, 0.29) is 0 Å². The van der Waals surface area contributed by atoms with Gasteiger partial charge >= 0.3 is 0 Å². The summed E-state index contributed by atoms with van der Waals surface area (Å²) < 4.78 is 7.49. The van der Waals surface area contributed by atoms with E-state index in [4.69, 9.17) is 4.42 Å². The van der Waals surface area contributed by atoms with Gasteiger partial charge < -0.3 is 9.73 Å². The molecule has 0 saturated heterocycles. The highest BCUT2D eigenvalue weighted by atomic mass is 16.4. The zero-order valence-corrected chi connectivity index (χ0v) is 10.4. The van der Waals surface area contributed by atoms with Crippen molar-refractivity contribution in [1.29, 1.82) is 0 Å². The summed E-state index contributed by atoms with van der Waals surface area (Å²) in [6, 6.07) is 2.23. The van der Waals surface area contributed by atoms with Crippen LogP contribution in [0.2, 0.25) is 0 Å². The van der Waals surface area contributed by atoms with E-state index in [9.17, 15) is 0 Å². The highest BCUT2D eigenvalue weighted by molar-refractivity contribution is 5.00. The Labute approximate surface area is 105 Å². The largest absolute Gasteiger partial charge is 0.424 e. The van der Waals surface area contributed by atoms with Crippen LogP contribution in [-0.4, -0.2) is 26.0 Å². The molecule has 0 radical (unpaired) electrons. The predicted octanol–water partition coefficient (Wildman–Crippen LogP) is 1.32. The van der Waals surface area contributed by atoms with Crippen LogP contribution in [0.1, 0.15) is 37.5 Å². The molecule has 1 N–H and O–H groups in total. The predicted molar refractivity (Wildman–Crippen MR) is 64.8 cm³/mol. The Kier molecular flexibility index (Phi) is 3.10. The summed E-state index contributed by atoms with van der Waals surface area (Å²) in [7, 11) is 0. The van der Waals surface area contributed by atoms with Gasteiger partial charge in [0.2, 0.25) is 11.8 Å². The second-order valence-electron chi connectivity index (χ2n) is 4.82. The molecular formula is C12H17N5O. The molecule has 1 saturated carbocycles. The summed E-state index contributed by atoms with van der Waals surface area (Å²) in [4.78, 5) is 0. The Bertz CT molecular complexity index is 488. The van der Waals surface area contributed by atoms with E-state index in [0.29, 0.717) is 24.4 Å². The van der Waals surface area contributed by atoms with Crippen molar-refractivity contribution in [3.05, 3.63) is 30.2 Å².